The summed E-state index contributed by atoms with van der Waals surface area (Å²) in [5, 5.41) is 22.7. The van der Waals surface area contributed by atoms with Crippen molar-refractivity contribution >= 4 is 28.5 Å². The molecule has 0 aliphatic heterocycles. The minimum atomic E-state index is 0.0552. The summed E-state index contributed by atoms with van der Waals surface area (Å²) in [5.74, 6) is 0.0552. The van der Waals surface area contributed by atoms with E-state index < -0.39 is 0 Å². The van der Waals surface area contributed by atoms with Gasteiger partial charge in [0.2, 0.25) is 0 Å². The molecule has 6 heteroatoms. The van der Waals surface area contributed by atoms with E-state index in [4.69, 9.17) is 11.0 Å². The van der Waals surface area contributed by atoms with E-state index in [0.29, 0.717) is 16.0 Å². The maximum atomic E-state index is 9.78. The molecule has 0 aliphatic rings. The number of rotatable bonds is 3. The molecule has 2 aromatic rings. The van der Waals surface area contributed by atoms with Gasteiger partial charge in [-0.05, 0) is 23.6 Å². The maximum absolute atomic E-state index is 9.78. The highest BCUT2D eigenvalue weighted by Crippen LogP contribution is 2.34. The molecule has 0 atom stereocenters. The normalized spacial score (nSPS) is 10.8. The Morgan fingerprint density at radius 2 is 2.06 bits per heavy atom. The highest BCUT2D eigenvalue weighted by Gasteiger charge is 2.07. The topological polar surface area (TPSA) is 84.9 Å². The summed E-state index contributed by atoms with van der Waals surface area (Å²) in [4.78, 5) is 0.588. The van der Waals surface area contributed by atoms with Gasteiger partial charge in [0.05, 0.1) is 12.0 Å². The van der Waals surface area contributed by atoms with E-state index in [1.54, 1.807) is 18.2 Å². The van der Waals surface area contributed by atoms with Crippen LogP contribution in [-0.4, -0.2) is 10.4 Å². The third-order valence-electron chi connectivity index (χ3n) is 2.12. The second-order valence-electron chi connectivity index (χ2n) is 3.11. The van der Waals surface area contributed by atoms with Crippen LogP contribution in [0.4, 0.5) is 5.69 Å². The number of hydrogen-bond acceptors (Lipinski definition) is 6. The van der Waals surface area contributed by atoms with Crippen LogP contribution in [0.25, 0.3) is 10.8 Å². The monoisotopic (exact) mass is 239 g/mol. The molecule has 2 aromatic carbocycles. The van der Waals surface area contributed by atoms with Crippen molar-refractivity contribution in [3.8, 4) is 5.75 Å². The number of aromatic hydroxyl groups is 1. The predicted molar refractivity (Wildman–Crippen MR) is 60.7 cm³/mol. The Labute approximate surface area is 95.5 Å². The molecule has 2 rings (SSSR count). The number of fused-ring (bicyclic) bond motifs is 1. The van der Waals surface area contributed by atoms with E-state index in [0.717, 1.165) is 17.4 Å². The van der Waals surface area contributed by atoms with Gasteiger partial charge in [-0.25, -0.2) is 5.26 Å². The van der Waals surface area contributed by atoms with Gasteiger partial charge in [0.25, 0.3) is 0 Å². The zero-order valence-electron chi connectivity index (χ0n) is 8.08. The number of nitrogen functional groups attached to an aromatic ring is 1. The molecule has 5 nitrogen and oxygen atoms in total. The Bertz CT molecular complexity index is 517. The Balaban J connectivity index is 2.51. The van der Waals surface area contributed by atoms with E-state index >= 15 is 0 Å². The Morgan fingerprint density at radius 1 is 1.25 bits per heavy atom. The van der Waals surface area contributed by atoms with Gasteiger partial charge in [-0.15, -0.1) is 4.33 Å². The molecule has 4 N–H and O–H groups in total. The Morgan fingerprint density at radius 3 is 2.81 bits per heavy atom. The van der Waals surface area contributed by atoms with Crippen molar-refractivity contribution in [1.82, 2.24) is 0 Å². The molecular formula is C10H9NO4S. The second kappa shape index (κ2) is 4.58. The highest BCUT2D eigenvalue weighted by atomic mass is 32.2. The molecule has 0 heterocycles. The van der Waals surface area contributed by atoms with Gasteiger partial charge < -0.3 is 10.8 Å². The van der Waals surface area contributed by atoms with Crippen molar-refractivity contribution in [3.05, 3.63) is 30.3 Å². The largest absolute Gasteiger partial charge is 0.507 e. The number of phenols is 1. The van der Waals surface area contributed by atoms with E-state index in [2.05, 4.69) is 9.37 Å². The van der Waals surface area contributed by atoms with Crippen molar-refractivity contribution in [1.29, 1.82) is 0 Å². The van der Waals surface area contributed by atoms with Crippen LogP contribution in [0.3, 0.4) is 0 Å². The zero-order valence-corrected chi connectivity index (χ0v) is 8.90. The molecule has 0 radical (unpaired) electrons. The first-order valence-electron chi connectivity index (χ1n) is 4.38. The van der Waals surface area contributed by atoms with Crippen LogP contribution in [-0.2, 0) is 9.37 Å². The molecule has 0 spiro atoms. The molecule has 0 saturated heterocycles. The van der Waals surface area contributed by atoms with Crippen molar-refractivity contribution in [2.24, 2.45) is 0 Å². The predicted octanol–water partition coefficient (Wildman–Crippen LogP) is 2.56. The lowest BCUT2D eigenvalue weighted by Crippen LogP contribution is -1.87. The van der Waals surface area contributed by atoms with Gasteiger partial charge in [-0.2, -0.15) is 0 Å². The maximum Gasteiger partial charge on any atom is 0.126 e. The molecule has 0 fully saturated rings. The molecule has 0 aliphatic carbocycles. The van der Waals surface area contributed by atoms with Gasteiger partial charge in [0, 0.05) is 16.0 Å². The summed E-state index contributed by atoms with van der Waals surface area (Å²) in [6.07, 6.45) is 0. The third-order valence-corrected chi connectivity index (χ3v) is 2.68. The van der Waals surface area contributed by atoms with Crippen molar-refractivity contribution in [3.63, 3.8) is 0 Å². The fourth-order valence-electron chi connectivity index (χ4n) is 1.51. The molecule has 16 heavy (non-hydrogen) atoms. The van der Waals surface area contributed by atoms with Gasteiger partial charge >= 0.3 is 0 Å². The quantitative estimate of drug-likeness (QED) is 0.330. The van der Waals surface area contributed by atoms with E-state index in [1.807, 2.05) is 6.07 Å². The highest BCUT2D eigenvalue weighted by molar-refractivity contribution is 7.94. The first kappa shape index (κ1) is 11.0. The molecule has 0 bridgehead atoms. The fraction of sp³-hybridized carbons (Fsp3) is 0. The number of hydrogen-bond donors (Lipinski definition) is 3. The van der Waals surface area contributed by atoms with Crippen LogP contribution >= 0.6 is 12.0 Å². The molecule has 0 unspecified atom stereocenters. The lowest BCUT2D eigenvalue weighted by atomic mass is 10.1. The number of phenolic OH excluding ortho intramolecular Hbond substituents is 1. The van der Waals surface area contributed by atoms with Crippen LogP contribution in [0.2, 0.25) is 0 Å². The average Bonchev–Trinajstić information content (AvgIpc) is 2.26. The van der Waals surface area contributed by atoms with Gasteiger partial charge in [0.15, 0.2) is 0 Å². The Hall–Kier alpha value is -1.47. The van der Waals surface area contributed by atoms with E-state index in [-0.39, 0.29) is 5.75 Å². The van der Waals surface area contributed by atoms with E-state index in [9.17, 15) is 5.11 Å². The number of nitrogens with two attached hydrogens (primary N) is 1. The van der Waals surface area contributed by atoms with Crippen molar-refractivity contribution in [2.75, 3.05) is 5.73 Å². The number of benzene rings is 2. The van der Waals surface area contributed by atoms with Gasteiger partial charge in [-0.1, -0.05) is 17.2 Å². The molecule has 0 amide bonds. The first-order chi connectivity index (χ1) is 7.72. The fourth-order valence-corrected chi connectivity index (χ4v) is 1.95. The third kappa shape index (κ3) is 2.05. The molecule has 84 valence electrons. The van der Waals surface area contributed by atoms with Crippen LogP contribution in [0.1, 0.15) is 0 Å². The summed E-state index contributed by atoms with van der Waals surface area (Å²) < 4.78 is 4.28. The summed E-state index contributed by atoms with van der Waals surface area (Å²) in [5.41, 5.74) is 6.25. The summed E-state index contributed by atoms with van der Waals surface area (Å²) in [6.45, 7) is 0. The smallest absolute Gasteiger partial charge is 0.126 e. The zero-order chi connectivity index (χ0) is 11.5. The van der Waals surface area contributed by atoms with Crippen LogP contribution < -0.4 is 5.73 Å². The van der Waals surface area contributed by atoms with Gasteiger partial charge in [0.1, 0.15) is 5.75 Å². The summed E-state index contributed by atoms with van der Waals surface area (Å²) in [7, 11) is 0. The standard InChI is InChI=1S/C10H9NO4S/c11-8-3-1-2-6-4-7(16-15-14-13)5-9(12)10(6)8/h1-5,12-13H,11H2. The van der Waals surface area contributed by atoms with Crippen LogP contribution in [0.5, 0.6) is 5.75 Å². The minimum Gasteiger partial charge on any atom is -0.507 e. The number of anilines is 1. The SMILES string of the molecule is Nc1cccc2cc(SOOO)cc(O)c12. The van der Waals surface area contributed by atoms with Gasteiger partial charge in [-0.3, -0.25) is 0 Å². The molecular weight excluding hydrogens is 230 g/mol. The van der Waals surface area contributed by atoms with Crippen LogP contribution in [0.15, 0.2) is 35.2 Å². The summed E-state index contributed by atoms with van der Waals surface area (Å²) >= 11 is 0.782. The Kier molecular flexibility index (Phi) is 3.16. The second-order valence-corrected chi connectivity index (χ2v) is 3.89. The first-order valence-corrected chi connectivity index (χ1v) is 5.12. The lowest BCUT2D eigenvalue weighted by Gasteiger charge is -2.06. The van der Waals surface area contributed by atoms with E-state index in [1.165, 1.54) is 6.07 Å². The molecule has 0 saturated carbocycles. The van der Waals surface area contributed by atoms with Crippen molar-refractivity contribution in [2.45, 2.75) is 4.90 Å². The lowest BCUT2D eigenvalue weighted by molar-refractivity contribution is -0.432. The minimum absolute atomic E-state index is 0.0552. The van der Waals surface area contributed by atoms with Crippen molar-refractivity contribution < 1.29 is 19.7 Å². The average molecular weight is 239 g/mol. The summed E-state index contributed by atoms with van der Waals surface area (Å²) in [6, 6.07) is 8.55. The van der Waals surface area contributed by atoms with Crippen LogP contribution in [0, 0.1) is 0 Å². The molecule has 0 aromatic heterocycles.